The average molecular weight is 790 g/mol. The highest BCUT2D eigenvalue weighted by Crippen LogP contribution is 2.41. The molecule has 0 N–H and O–H groups in total. The van der Waals surface area contributed by atoms with E-state index in [1.54, 1.807) is 0 Å². The summed E-state index contributed by atoms with van der Waals surface area (Å²) in [6.45, 7) is 0. The fraction of sp³-hybridized carbons (Fsp3) is 0. The van der Waals surface area contributed by atoms with Crippen molar-refractivity contribution < 1.29 is 0 Å². The Labute approximate surface area is 356 Å². The monoisotopic (exact) mass is 789 g/mol. The Balaban J connectivity index is 1.08. The first-order chi connectivity index (χ1) is 30.7. The zero-order chi connectivity index (χ0) is 40.7. The lowest BCUT2D eigenvalue weighted by Crippen LogP contribution is -2.02. The molecule has 10 aromatic carbocycles. The lowest BCUT2D eigenvalue weighted by Gasteiger charge is -2.15. The smallest absolute Gasteiger partial charge is 0.164 e. The zero-order valence-corrected chi connectivity index (χ0v) is 33.4. The molecule has 5 nitrogen and oxygen atoms in total. The van der Waals surface area contributed by atoms with Gasteiger partial charge in [0.1, 0.15) is 0 Å². The van der Waals surface area contributed by atoms with Crippen LogP contribution in [0.2, 0.25) is 0 Å². The van der Waals surface area contributed by atoms with Crippen LogP contribution in [0.1, 0.15) is 0 Å². The number of rotatable bonds is 5. The summed E-state index contributed by atoms with van der Waals surface area (Å²) < 4.78 is 4.76. The van der Waals surface area contributed by atoms with Crippen LogP contribution in [0.3, 0.4) is 0 Å². The molecule has 0 spiro atoms. The highest BCUT2D eigenvalue weighted by atomic mass is 15.0. The molecule has 0 bridgehead atoms. The Morgan fingerprint density at radius 1 is 0.290 bits per heavy atom. The second-order valence-corrected chi connectivity index (χ2v) is 16.0. The molecule has 13 aromatic rings. The molecule has 0 aliphatic heterocycles. The molecular weight excluding hydrogens is 755 g/mol. The first-order valence-corrected chi connectivity index (χ1v) is 21.0. The third kappa shape index (κ3) is 5.25. The normalized spacial score (nSPS) is 11.9. The Bertz CT molecular complexity index is 3930. The number of nitrogens with zero attached hydrogens (tertiary/aromatic N) is 5. The van der Waals surface area contributed by atoms with Gasteiger partial charge in [0.25, 0.3) is 0 Å². The predicted octanol–water partition coefficient (Wildman–Crippen LogP) is 14.5. The molecule has 3 aromatic heterocycles. The van der Waals surface area contributed by atoms with Crippen molar-refractivity contribution in [3.05, 3.63) is 212 Å². The maximum atomic E-state index is 5.44. The molecule has 62 heavy (non-hydrogen) atoms. The van der Waals surface area contributed by atoms with Crippen LogP contribution in [0.4, 0.5) is 0 Å². The van der Waals surface area contributed by atoms with E-state index in [2.05, 4.69) is 221 Å². The minimum atomic E-state index is 0.623. The summed E-state index contributed by atoms with van der Waals surface area (Å²) >= 11 is 0. The van der Waals surface area contributed by atoms with Gasteiger partial charge in [-0.25, -0.2) is 15.0 Å². The second kappa shape index (κ2) is 13.6. The van der Waals surface area contributed by atoms with E-state index in [4.69, 9.17) is 15.0 Å². The van der Waals surface area contributed by atoms with Gasteiger partial charge in [0.05, 0.1) is 27.8 Å². The maximum Gasteiger partial charge on any atom is 0.164 e. The van der Waals surface area contributed by atoms with Gasteiger partial charge in [0.2, 0.25) is 0 Å². The second-order valence-electron chi connectivity index (χ2n) is 16.0. The molecular formula is C57H35N5. The third-order valence-corrected chi connectivity index (χ3v) is 12.5. The number of fused-ring (bicyclic) bond motifs is 9. The number of aromatic nitrogens is 5. The van der Waals surface area contributed by atoms with Crippen molar-refractivity contribution in [3.8, 4) is 45.5 Å². The number of benzene rings is 10. The lowest BCUT2D eigenvalue weighted by atomic mass is 10.0. The van der Waals surface area contributed by atoms with Gasteiger partial charge in [-0.3, -0.25) is 0 Å². The fourth-order valence-electron chi connectivity index (χ4n) is 9.73. The van der Waals surface area contributed by atoms with Crippen LogP contribution in [0.25, 0.3) is 121 Å². The van der Waals surface area contributed by atoms with Gasteiger partial charge in [0, 0.05) is 49.3 Å². The predicted molar refractivity (Wildman–Crippen MR) is 257 cm³/mol. The topological polar surface area (TPSA) is 48.5 Å². The summed E-state index contributed by atoms with van der Waals surface area (Å²) in [5.74, 6) is 1.88. The van der Waals surface area contributed by atoms with Crippen molar-refractivity contribution in [1.82, 2.24) is 24.1 Å². The summed E-state index contributed by atoms with van der Waals surface area (Å²) in [5, 5.41) is 11.6. The highest BCUT2D eigenvalue weighted by Gasteiger charge is 2.22. The molecule has 0 atom stereocenters. The van der Waals surface area contributed by atoms with Gasteiger partial charge in [0.15, 0.2) is 17.5 Å². The summed E-state index contributed by atoms with van der Waals surface area (Å²) in [4.78, 5) is 16.1. The Kier molecular flexibility index (Phi) is 7.54. The SMILES string of the molecule is c1ccc(-n2c3ccccc3c3c(-c4nc(-c5ccc6ccccc6c5)nc(-c5cccc6c(-n7c8ccccc8c8cc9ccccc9cc87)cccc56)n4)cccc32)cc1. The van der Waals surface area contributed by atoms with Crippen LogP contribution in [0.5, 0.6) is 0 Å². The number of para-hydroxylation sites is 3. The first kappa shape index (κ1) is 34.5. The fourth-order valence-corrected chi connectivity index (χ4v) is 9.73. The maximum absolute atomic E-state index is 5.44. The van der Waals surface area contributed by atoms with Crippen molar-refractivity contribution >= 4 is 75.9 Å². The van der Waals surface area contributed by atoms with Crippen molar-refractivity contribution in [2.24, 2.45) is 0 Å². The van der Waals surface area contributed by atoms with Crippen LogP contribution >= 0.6 is 0 Å². The van der Waals surface area contributed by atoms with Crippen molar-refractivity contribution in [2.75, 3.05) is 0 Å². The van der Waals surface area contributed by atoms with Crippen LogP contribution in [0, 0.1) is 0 Å². The van der Waals surface area contributed by atoms with E-state index < -0.39 is 0 Å². The molecule has 0 amide bonds. The summed E-state index contributed by atoms with van der Waals surface area (Å²) in [5.41, 5.74) is 9.61. The van der Waals surface area contributed by atoms with E-state index in [0.717, 1.165) is 66.0 Å². The van der Waals surface area contributed by atoms with Crippen LogP contribution in [0.15, 0.2) is 212 Å². The van der Waals surface area contributed by atoms with Crippen LogP contribution in [-0.4, -0.2) is 24.1 Å². The molecule has 0 aliphatic rings. The third-order valence-electron chi connectivity index (χ3n) is 12.5. The van der Waals surface area contributed by atoms with E-state index in [1.165, 1.54) is 38.0 Å². The minimum absolute atomic E-state index is 0.623. The molecule has 0 fully saturated rings. The minimum Gasteiger partial charge on any atom is -0.309 e. The largest absolute Gasteiger partial charge is 0.309 e. The van der Waals surface area contributed by atoms with Crippen molar-refractivity contribution in [3.63, 3.8) is 0 Å². The molecule has 13 rings (SSSR count). The average Bonchev–Trinajstić information content (AvgIpc) is 3.85. The highest BCUT2D eigenvalue weighted by molar-refractivity contribution is 6.16. The van der Waals surface area contributed by atoms with Gasteiger partial charge in [-0.2, -0.15) is 0 Å². The van der Waals surface area contributed by atoms with Gasteiger partial charge >= 0.3 is 0 Å². The standard InChI is InChI=1S/C57H35N5/c1-2-19-41(20-3-1)61-51-28-11-9-22-46(51)54-47(26-14-30-52(54)61)57-59-55(40-32-31-36-15-4-5-16-37(36)33-40)58-56(60-57)45-25-12-24-43-42(45)23-13-29-50(43)62-49-27-10-8-21-44(49)48-34-38-17-6-7-18-39(38)35-53(48)62/h1-35H. The first-order valence-electron chi connectivity index (χ1n) is 21.0. The molecule has 0 saturated carbocycles. The van der Waals surface area contributed by atoms with E-state index in [-0.39, 0.29) is 0 Å². The Hall–Kier alpha value is -8.41. The molecule has 288 valence electrons. The van der Waals surface area contributed by atoms with Crippen molar-refractivity contribution in [2.45, 2.75) is 0 Å². The number of hydrogen-bond donors (Lipinski definition) is 0. The summed E-state index contributed by atoms with van der Waals surface area (Å²) in [6, 6.07) is 75.7. The molecule has 5 heteroatoms. The molecule has 0 unspecified atom stereocenters. The van der Waals surface area contributed by atoms with E-state index >= 15 is 0 Å². The van der Waals surface area contributed by atoms with E-state index in [1.807, 2.05) is 0 Å². The van der Waals surface area contributed by atoms with E-state index in [0.29, 0.717) is 17.5 Å². The van der Waals surface area contributed by atoms with Crippen LogP contribution < -0.4 is 0 Å². The molecule has 0 saturated heterocycles. The van der Waals surface area contributed by atoms with Crippen LogP contribution in [-0.2, 0) is 0 Å². The number of hydrogen-bond acceptors (Lipinski definition) is 3. The van der Waals surface area contributed by atoms with Gasteiger partial charge in [-0.1, -0.05) is 158 Å². The molecule has 0 aliphatic carbocycles. The summed E-state index contributed by atoms with van der Waals surface area (Å²) in [7, 11) is 0. The van der Waals surface area contributed by atoms with E-state index in [9.17, 15) is 0 Å². The van der Waals surface area contributed by atoms with Gasteiger partial charge < -0.3 is 9.13 Å². The zero-order valence-electron chi connectivity index (χ0n) is 33.4. The lowest BCUT2D eigenvalue weighted by molar-refractivity contribution is 1.08. The Morgan fingerprint density at radius 3 is 1.68 bits per heavy atom. The van der Waals surface area contributed by atoms with Crippen molar-refractivity contribution in [1.29, 1.82) is 0 Å². The Morgan fingerprint density at radius 2 is 0.855 bits per heavy atom. The molecule has 3 heterocycles. The quantitative estimate of drug-likeness (QED) is 0.174. The van der Waals surface area contributed by atoms with Gasteiger partial charge in [-0.15, -0.1) is 0 Å². The summed E-state index contributed by atoms with van der Waals surface area (Å²) in [6.07, 6.45) is 0. The molecule has 0 radical (unpaired) electrons. The van der Waals surface area contributed by atoms with Gasteiger partial charge in [-0.05, 0) is 81.5 Å².